The highest BCUT2D eigenvalue weighted by molar-refractivity contribution is 5.31. The highest BCUT2D eigenvalue weighted by Gasteiger charge is 2.13. The highest BCUT2D eigenvalue weighted by atomic mass is 16.5. The van der Waals surface area contributed by atoms with Gasteiger partial charge in [0.2, 0.25) is 0 Å². The van der Waals surface area contributed by atoms with E-state index in [0.717, 1.165) is 17.0 Å². The van der Waals surface area contributed by atoms with Crippen LogP contribution in [0.3, 0.4) is 0 Å². The van der Waals surface area contributed by atoms with Crippen molar-refractivity contribution < 1.29 is 9.84 Å². The average Bonchev–Trinajstić information content (AvgIpc) is 2.76. The Bertz CT molecular complexity index is 476. The van der Waals surface area contributed by atoms with Crippen LogP contribution >= 0.6 is 0 Å². The third kappa shape index (κ3) is 2.47. The Labute approximate surface area is 100 Å². The van der Waals surface area contributed by atoms with Gasteiger partial charge in [-0.15, -0.1) is 0 Å². The van der Waals surface area contributed by atoms with Crippen molar-refractivity contribution >= 4 is 0 Å². The van der Waals surface area contributed by atoms with Gasteiger partial charge in [0, 0.05) is 7.05 Å². The van der Waals surface area contributed by atoms with Crippen LogP contribution in [-0.4, -0.2) is 21.3 Å². The van der Waals surface area contributed by atoms with E-state index in [9.17, 15) is 5.11 Å². The van der Waals surface area contributed by atoms with E-state index in [2.05, 4.69) is 4.98 Å². The van der Waals surface area contributed by atoms with E-state index in [1.54, 1.807) is 17.1 Å². The quantitative estimate of drug-likeness (QED) is 0.875. The first-order valence-electron chi connectivity index (χ1n) is 5.59. The summed E-state index contributed by atoms with van der Waals surface area (Å²) in [5, 5.41) is 10.2. The van der Waals surface area contributed by atoms with Gasteiger partial charge < -0.3 is 14.4 Å². The Hall–Kier alpha value is -1.81. The summed E-state index contributed by atoms with van der Waals surface area (Å²) in [6.45, 7) is 2.59. The van der Waals surface area contributed by atoms with Gasteiger partial charge in [-0.2, -0.15) is 0 Å². The number of imidazole rings is 1. The number of aromatic nitrogens is 2. The van der Waals surface area contributed by atoms with Crippen molar-refractivity contribution in [2.45, 2.75) is 13.0 Å². The molecule has 0 saturated carbocycles. The molecule has 4 heteroatoms. The van der Waals surface area contributed by atoms with Gasteiger partial charge in [-0.25, -0.2) is 4.98 Å². The summed E-state index contributed by atoms with van der Waals surface area (Å²) in [5.41, 5.74) is 1.60. The zero-order valence-electron chi connectivity index (χ0n) is 10.00. The van der Waals surface area contributed by atoms with Crippen LogP contribution in [0.15, 0.2) is 36.8 Å². The number of aliphatic hydroxyl groups excluding tert-OH is 1. The predicted octanol–water partition coefficient (Wildman–Crippen LogP) is 1.90. The molecule has 0 spiro atoms. The largest absolute Gasteiger partial charge is 0.494 e. The molecule has 1 heterocycles. The minimum absolute atomic E-state index is 0.642. The van der Waals surface area contributed by atoms with Crippen LogP contribution in [0.4, 0.5) is 0 Å². The molecule has 0 aliphatic rings. The topological polar surface area (TPSA) is 47.3 Å². The van der Waals surface area contributed by atoms with Crippen molar-refractivity contribution in [2.24, 2.45) is 7.05 Å². The molecule has 4 nitrogen and oxygen atoms in total. The molecule has 90 valence electrons. The Morgan fingerprint density at radius 1 is 1.35 bits per heavy atom. The van der Waals surface area contributed by atoms with Crippen LogP contribution in [-0.2, 0) is 7.05 Å². The third-order valence-corrected chi connectivity index (χ3v) is 2.64. The number of aliphatic hydroxyl groups is 1. The number of benzene rings is 1. The number of nitrogens with zero attached hydrogens (tertiary/aromatic N) is 2. The molecule has 0 amide bonds. The summed E-state index contributed by atoms with van der Waals surface area (Å²) in [7, 11) is 1.86. The number of rotatable bonds is 4. The second-order valence-corrected chi connectivity index (χ2v) is 3.83. The Morgan fingerprint density at radius 2 is 2.06 bits per heavy atom. The third-order valence-electron chi connectivity index (χ3n) is 2.64. The van der Waals surface area contributed by atoms with Crippen LogP contribution < -0.4 is 4.74 Å². The van der Waals surface area contributed by atoms with E-state index in [-0.39, 0.29) is 0 Å². The molecule has 0 aliphatic heterocycles. The van der Waals surface area contributed by atoms with Crippen LogP contribution in [0, 0.1) is 0 Å². The minimum atomic E-state index is -0.654. The van der Waals surface area contributed by atoms with Gasteiger partial charge >= 0.3 is 0 Å². The Morgan fingerprint density at radius 3 is 2.59 bits per heavy atom. The minimum Gasteiger partial charge on any atom is -0.494 e. The second kappa shape index (κ2) is 5.01. The Balaban J connectivity index is 2.20. The van der Waals surface area contributed by atoms with Gasteiger partial charge in [-0.05, 0) is 24.6 Å². The predicted molar refractivity (Wildman–Crippen MR) is 64.9 cm³/mol. The number of ether oxygens (including phenoxy) is 1. The first kappa shape index (κ1) is 11.7. The van der Waals surface area contributed by atoms with Crippen LogP contribution in [0.25, 0.3) is 0 Å². The fourth-order valence-electron chi connectivity index (χ4n) is 1.71. The van der Waals surface area contributed by atoms with Crippen molar-refractivity contribution in [3.63, 3.8) is 0 Å². The van der Waals surface area contributed by atoms with E-state index < -0.39 is 6.10 Å². The Kier molecular flexibility index (Phi) is 3.44. The van der Waals surface area contributed by atoms with E-state index in [1.165, 1.54) is 0 Å². The molecular formula is C13H16N2O2. The molecule has 2 aromatic rings. The molecule has 2 rings (SSSR count). The summed E-state index contributed by atoms with van der Waals surface area (Å²) >= 11 is 0. The SMILES string of the molecule is CCOc1ccc(C(O)c2cncn2C)cc1. The van der Waals surface area contributed by atoms with Crippen LogP contribution in [0.1, 0.15) is 24.3 Å². The van der Waals surface area contributed by atoms with Crippen LogP contribution in [0.5, 0.6) is 5.75 Å². The van der Waals surface area contributed by atoms with Gasteiger partial charge in [0.15, 0.2) is 0 Å². The zero-order chi connectivity index (χ0) is 12.3. The molecule has 1 N–H and O–H groups in total. The fourth-order valence-corrected chi connectivity index (χ4v) is 1.71. The number of aryl methyl sites for hydroxylation is 1. The van der Waals surface area contributed by atoms with Gasteiger partial charge in [-0.1, -0.05) is 12.1 Å². The normalized spacial score (nSPS) is 12.4. The molecule has 0 radical (unpaired) electrons. The standard InChI is InChI=1S/C13H16N2O2/c1-3-17-11-6-4-10(5-7-11)13(16)12-8-14-9-15(12)2/h4-9,13,16H,3H2,1-2H3. The van der Waals surface area contributed by atoms with Gasteiger partial charge in [0.1, 0.15) is 11.9 Å². The molecule has 0 saturated heterocycles. The maximum absolute atomic E-state index is 10.2. The van der Waals surface area contributed by atoms with Crippen LogP contribution in [0.2, 0.25) is 0 Å². The molecule has 0 aliphatic carbocycles. The van der Waals surface area contributed by atoms with Gasteiger partial charge in [0.25, 0.3) is 0 Å². The lowest BCUT2D eigenvalue weighted by molar-refractivity contribution is 0.211. The summed E-state index contributed by atoms with van der Waals surface area (Å²) in [6.07, 6.45) is 2.69. The van der Waals surface area contributed by atoms with E-state index in [1.807, 2.05) is 38.2 Å². The lowest BCUT2D eigenvalue weighted by Gasteiger charge is -2.12. The first-order chi connectivity index (χ1) is 8.22. The number of hydrogen-bond acceptors (Lipinski definition) is 3. The molecule has 1 unspecified atom stereocenters. The van der Waals surface area contributed by atoms with E-state index >= 15 is 0 Å². The maximum atomic E-state index is 10.2. The fraction of sp³-hybridized carbons (Fsp3) is 0.308. The smallest absolute Gasteiger partial charge is 0.121 e. The van der Waals surface area contributed by atoms with Crippen molar-refractivity contribution in [1.29, 1.82) is 0 Å². The first-order valence-corrected chi connectivity index (χ1v) is 5.59. The summed E-state index contributed by atoms with van der Waals surface area (Å²) in [4.78, 5) is 3.99. The summed E-state index contributed by atoms with van der Waals surface area (Å²) in [6, 6.07) is 7.45. The summed E-state index contributed by atoms with van der Waals surface area (Å²) in [5.74, 6) is 0.813. The van der Waals surface area contributed by atoms with Gasteiger partial charge in [0.05, 0.1) is 24.8 Å². The maximum Gasteiger partial charge on any atom is 0.121 e. The van der Waals surface area contributed by atoms with Crippen molar-refractivity contribution in [1.82, 2.24) is 9.55 Å². The summed E-state index contributed by atoms with van der Waals surface area (Å²) < 4.78 is 7.16. The molecule has 17 heavy (non-hydrogen) atoms. The molecule has 0 fully saturated rings. The van der Waals surface area contributed by atoms with E-state index in [0.29, 0.717) is 6.61 Å². The highest BCUT2D eigenvalue weighted by Crippen LogP contribution is 2.23. The van der Waals surface area contributed by atoms with Gasteiger partial charge in [-0.3, -0.25) is 0 Å². The number of hydrogen-bond donors (Lipinski definition) is 1. The molecule has 1 aromatic carbocycles. The average molecular weight is 232 g/mol. The zero-order valence-corrected chi connectivity index (χ0v) is 10.00. The molecule has 1 aromatic heterocycles. The van der Waals surface area contributed by atoms with Crippen molar-refractivity contribution in [3.05, 3.63) is 48.0 Å². The lowest BCUT2D eigenvalue weighted by Crippen LogP contribution is -2.05. The van der Waals surface area contributed by atoms with E-state index in [4.69, 9.17) is 4.74 Å². The molecular weight excluding hydrogens is 216 g/mol. The molecule has 0 bridgehead atoms. The lowest BCUT2D eigenvalue weighted by atomic mass is 10.1. The van der Waals surface area contributed by atoms with Crippen molar-refractivity contribution in [3.8, 4) is 5.75 Å². The van der Waals surface area contributed by atoms with Crippen molar-refractivity contribution in [2.75, 3.05) is 6.61 Å². The molecule has 1 atom stereocenters. The second-order valence-electron chi connectivity index (χ2n) is 3.83. The monoisotopic (exact) mass is 232 g/mol.